The molecule has 0 unspecified atom stereocenters. The van der Waals surface area contributed by atoms with Crippen molar-refractivity contribution >= 4 is 28.9 Å². The average Bonchev–Trinajstić information content (AvgIpc) is 3.26. The van der Waals surface area contributed by atoms with E-state index in [9.17, 15) is 9.59 Å². The van der Waals surface area contributed by atoms with Gasteiger partial charge in [0.2, 0.25) is 0 Å². The molecule has 4 rings (SSSR count). The van der Waals surface area contributed by atoms with Crippen LogP contribution < -0.4 is 4.74 Å². The van der Waals surface area contributed by atoms with Gasteiger partial charge in [-0.15, -0.1) is 0 Å². The number of aromatic nitrogens is 1. The van der Waals surface area contributed by atoms with Crippen LogP contribution in [0.2, 0.25) is 0 Å². The Morgan fingerprint density at radius 1 is 0.946 bits per heavy atom. The number of fused-ring (bicyclic) bond motifs is 1. The second-order valence-corrected chi connectivity index (χ2v) is 8.80. The van der Waals surface area contributed by atoms with Crippen molar-refractivity contribution in [3.8, 4) is 5.75 Å². The van der Waals surface area contributed by atoms with Gasteiger partial charge in [-0.3, -0.25) is 4.79 Å². The monoisotopic (exact) mass is 496 g/mol. The van der Waals surface area contributed by atoms with Gasteiger partial charge >= 0.3 is 5.97 Å². The van der Waals surface area contributed by atoms with Crippen molar-refractivity contribution in [3.63, 3.8) is 0 Å². The van der Waals surface area contributed by atoms with Crippen LogP contribution in [-0.2, 0) is 27.3 Å². The lowest BCUT2D eigenvalue weighted by molar-refractivity contribution is -0.137. The van der Waals surface area contributed by atoms with Gasteiger partial charge in [0, 0.05) is 48.9 Å². The molecular formula is C31H32N2O4. The summed E-state index contributed by atoms with van der Waals surface area (Å²) in [6.07, 6.45) is 6.00. The lowest BCUT2D eigenvalue weighted by Crippen LogP contribution is -2.33. The van der Waals surface area contributed by atoms with Crippen LogP contribution in [0.1, 0.15) is 23.6 Å². The number of rotatable bonds is 11. The zero-order valence-corrected chi connectivity index (χ0v) is 21.3. The van der Waals surface area contributed by atoms with Gasteiger partial charge in [-0.2, -0.15) is 0 Å². The molecule has 0 radical (unpaired) electrons. The first kappa shape index (κ1) is 25.8. The highest BCUT2D eigenvalue weighted by Gasteiger charge is 2.13. The summed E-state index contributed by atoms with van der Waals surface area (Å²) in [7, 11) is 1.79. The van der Waals surface area contributed by atoms with Gasteiger partial charge in [-0.25, -0.2) is 4.79 Å². The van der Waals surface area contributed by atoms with Gasteiger partial charge in [-0.05, 0) is 48.7 Å². The molecule has 0 aliphatic carbocycles. The van der Waals surface area contributed by atoms with Crippen LogP contribution in [0, 0.1) is 0 Å². The maximum atomic E-state index is 12.6. The molecule has 0 aliphatic rings. The van der Waals surface area contributed by atoms with Crippen molar-refractivity contribution in [3.05, 3.63) is 108 Å². The maximum absolute atomic E-state index is 12.6. The quantitative estimate of drug-likeness (QED) is 0.208. The summed E-state index contributed by atoms with van der Waals surface area (Å²) in [5.74, 6) is 0.128. The minimum atomic E-state index is -0.386. The van der Waals surface area contributed by atoms with E-state index in [1.165, 1.54) is 17.2 Å². The van der Waals surface area contributed by atoms with Gasteiger partial charge < -0.3 is 18.9 Å². The second-order valence-electron chi connectivity index (χ2n) is 8.80. The fraction of sp³-hybridized carbons (Fsp3) is 0.226. The standard InChI is InChI=1S/C31H32N2O4/c1-3-36-31(35)17-14-26-22-33(21-25-12-8-5-9-13-25)29-16-15-27(20-28(26)29)37-23-30(34)32(2)19-18-24-10-6-4-7-11-24/h4-17,20,22H,3,18-19,21,23H2,1-2H3. The van der Waals surface area contributed by atoms with E-state index < -0.39 is 0 Å². The van der Waals surface area contributed by atoms with Crippen molar-refractivity contribution in [1.29, 1.82) is 0 Å². The van der Waals surface area contributed by atoms with Gasteiger partial charge in [0.05, 0.1) is 6.61 Å². The lowest BCUT2D eigenvalue weighted by Gasteiger charge is -2.17. The predicted molar refractivity (Wildman–Crippen MR) is 146 cm³/mol. The molecule has 37 heavy (non-hydrogen) atoms. The van der Waals surface area contributed by atoms with E-state index in [1.54, 1.807) is 24.9 Å². The minimum absolute atomic E-state index is 0.0461. The predicted octanol–water partition coefficient (Wildman–Crippen LogP) is 5.35. The SMILES string of the molecule is CCOC(=O)C=Cc1cn(Cc2ccccc2)c2ccc(OCC(=O)N(C)CCc3ccccc3)cc12. The van der Waals surface area contributed by atoms with E-state index >= 15 is 0 Å². The molecule has 1 amide bonds. The van der Waals surface area contributed by atoms with E-state index in [4.69, 9.17) is 9.47 Å². The topological polar surface area (TPSA) is 60.8 Å². The molecule has 6 heteroatoms. The Bertz CT molecular complexity index is 1360. The number of ether oxygens (including phenoxy) is 2. The largest absolute Gasteiger partial charge is 0.484 e. The molecule has 0 saturated carbocycles. The number of amides is 1. The maximum Gasteiger partial charge on any atom is 0.330 e. The zero-order valence-electron chi connectivity index (χ0n) is 21.3. The van der Waals surface area contributed by atoms with Crippen LogP contribution in [-0.4, -0.2) is 48.1 Å². The van der Waals surface area contributed by atoms with Gasteiger partial charge in [0.15, 0.2) is 6.61 Å². The molecule has 0 atom stereocenters. The lowest BCUT2D eigenvalue weighted by atomic mass is 10.1. The summed E-state index contributed by atoms with van der Waals surface area (Å²) in [4.78, 5) is 26.3. The van der Waals surface area contributed by atoms with E-state index in [-0.39, 0.29) is 18.5 Å². The number of nitrogens with zero attached hydrogens (tertiary/aromatic N) is 2. The van der Waals surface area contributed by atoms with Gasteiger partial charge in [0.1, 0.15) is 5.75 Å². The third-order valence-corrected chi connectivity index (χ3v) is 6.13. The molecule has 6 nitrogen and oxygen atoms in total. The van der Waals surface area contributed by atoms with Crippen LogP contribution in [0.3, 0.4) is 0 Å². The molecule has 0 fully saturated rings. The smallest absolute Gasteiger partial charge is 0.330 e. The molecule has 0 bridgehead atoms. The van der Waals surface area contributed by atoms with Crippen LogP contribution in [0.15, 0.2) is 91.1 Å². The van der Waals surface area contributed by atoms with Crippen molar-refractivity contribution < 1.29 is 19.1 Å². The van der Waals surface area contributed by atoms with Gasteiger partial charge in [0.25, 0.3) is 5.91 Å². The molecule has 0 aliphatic heterocycles. The van der Waals surface area contributed by atoms with Crippen LogP contribution in [0.5, 0.6) is 5.75 Å². The van der Waals surface area contributed by atoms with Gasteiger partial charge in [-0.1, -0.05) is 60.7 Å². The minimum Gasteiger partial charge on any atom is -0.484 e. The molecule has 190 valence electrons. The summed E-state index contributed by atoms with van der Waals surface area (Å²) >= 11 is 0. The highest BCUT2D eigenvalue weighted by atomic mass is 16.5. The first-order valence-corrected chi connectivity index (χ1v) is 12.5. The summed E-state index contributed by atoms with van der Waals surface area (Å²) < 4.78 is 13.1. The average molecular weight is 497 g/mol. The molecule has 3 aromatic carbocycles. The highest BCUT2D eigenvalue weighted by molar-refractivity contribution is 5.95. The Morgan fingerprint density at radius 2 is 1.65 bits per heavy atom. The summed E-state index contributed by atoms with van der Waals surface area (Å²) in [5.41, 5.74) is 4.24. The number of benzene rings is 3. The van der Waals surface area contributed by atoms with Crippen molar-refractivity contribution in [2.75, 3.05) is 26.8 Å². The Morgan fingerprint density at radius 3 is 2.35 bits per heavy atom. The number of esters is 1. The molecule has 0 spiro atoms. The number of hydrogen-bond donors (Lipinski definition) is 0. The van der Waals surface area contributed by atoms with E-state index in [2.05, 4.69) is 28.8 Å². The molecule has 1 aromatic heterocycles. The zero-order chi connectivity index (χ0) is 26.0. The number of carbonyl (C=O) groups excluding carboxylic acids is 2. The van der Waals surface area contributed by atoms with E-state index in [0.29, 0.717) is 25.4 Å². The third kappa shape index (κ3) is 7.10. The fourth-order valence-corrected chi connectivity index (χ4v) is 4.11. The fourth-order valence-electron chi connectivity index (χ4n) is 4.11. The van der Waals surface area contributed by atoms with E-state index in [1.807, 2.05) is 60.8 Å². The van der Waals surface area contributed by atoms with Crippen LogP contribution in [0.4, 0.5) is 0 Å². The molecule has 0 N–H and O–H groups in total. The normalized spacial score (nSPS) is 11.1. The highest BCUT2D eigenvalue weighted by Crippen LogP contribution is 2.28. The van der Waals surface area contributed by atoms with E-state index in [0.717, 1.165) is 22.9 Å². The molecule has 0 saturated heterocycles. The first-order valence-electron chi connectivity index (χ1n) is 12.5. The summed E-state index contributed by atoms with van der Waals surface area (Å²) in [6, 6.07) is 26.1. The Kier molecular flexibility index (Phi) is 8.76. The summed E-state index contributed by atoms with van der Waals surface area (Å²) in [6.45, 7) is 3.37. The van der Waals surface area contributed by atoms with Crippen LogP contribution >= 0.6 is 0 Å². The van der Waals surface area contributed by atoms with Crippen LogP contribution in [0.25, 0.3) is 17.0 Å². The van der Waals surface area contributed by atoms with Crippen molar-refractivity contribution in [1.82, 2.24) is 9.47 Å². The number of likely N-dealkylation sites (N-methyl/N-ethyl adjacent to an activating group) is 1. The number of hydrogen-bond acceptors (Lipinski definition) is 4. The molecule has 4 aromatic rings. The third-order valence-electron chi connectivity index (χ3n) is 6.13. The summed E-state index contributed by atoms with van der Waals surface area (Å²) in [5, 5.41) is 0.930. The number of carbonyl (C=O) groups is 2. The second kappa shape index (κ2) is 12.6. The Labute approximate surface area is 217 Å². The Balaban J connectivity index is 1.49. The molecular weight excluding hydrogens is 464 g/mol. The van der Waals surface area contributed by atoms with Crippen molar-refractivity contribution in [2.24, 2.45) is 0 Å². The molecule has 1 heterocycles. The first-order chi connectivity index (χ1) is 18.0. The Hall–Kier alpha value is -4.32. The van der Waals surface area contributed by atoms with Crippen molar-refractivity contribution in [2.45, 2.75) is 19.9 Å².